The molecule has 0 aliphatic carbocycles. The van der Waals surface area contributed by atoms with Crippen molar-refractivity contribution in [2.45, 2.75) is 13.8 Å². The molecule has 8 heteroatoms. The van der Waals surface area contributed by atoms with Crippen molar-refractivity contribution in [3.63, 3.8) is 0 Å². The van der Waals surface area contributed by atoms with Gasteiger partial charge in [0.25, 0.3) is 0 Å². The molecule has 0 aliphatic heterocycles. The fraction of sp³-hybridized carbons (Fsp3) is 0.400. The molecular weight excluding hydrogens is 278 g/mol. The Labute approximate surface area is 107 Å². The van der Waals surface area contributed by atoms with E-state index in [0.717, 1.165) is 6.26 Å². The first-order valence-electron chi connectivity index (χ1n) is 4.98. The van der Waals surface area contributed by atoms with Crippen molar-refractivity contribution in [1.29, 1.82) is 0 Å². The molecule has 1 aromatic carbocycles. The van der Waals surface area contributed by atoms with Gasteiger partial charge in [-0.15, -0.1) is 0 Å². The molecule has 0 unspecified atom stereocenters. The van der Waals surface area contributed by atoms with Crippen molar-refractivity contribution in [1.82, 2.24) is 0 Å². The number of sulfone groups is 1. The summed E-state index contributed by atoms with van der Waals surface area (Å²) in [5, 5.41) is 8.46. The van der Waals surface area contributed by atoms with E-state index in [1.54, 1.807) is 13.8 Å². The van der Waals surface area contributed by atoms with E-state index >= 15 is 0 Å². The third-order valence-corrected chi connectivity index (χ3v) is 5.66. The van der Waals surface area contributed by atoms with Gasteiger partial charge < -0.3 is 5.11 Å². The molecule has 6 nitrogen and oxygen atoms in total. The molecule has 0 saturated heterocycles. The van der Waals surface area contributed by atoms with Crippen molar-refractivity contribution in [2.75, 3.05) is 16.1 Å². The molecule has 1 rings (SSSR count). The number of hydrogen-bond donors (Lipinski definition) is 2. The summed E-state index contributed by atoms with van der Waals surface area (Å²) in [5.74, 6) is 0.0542. The number of rotatable bonds is 4. The van der Waals surface area contributed by atoms with Crippen molar-refractivity contribution >= 4 is 25.5 Å². The van der Waals surface area contributed by atoms with Crippen LogP contribution in [0.2, 0.25) is 0 Å². The summed E-state index contributed by atoms with van der Waals surface area (Å²) in [7, 11) is -7.60. The smallest absolute Gasteiger partial charge is 0.247 e. The third kappa shape index (κ3) is 4.19. The largest absolute Gasteiger partial charge is 0.508 e. The monoisotopic (exact) mass is 293 g/mol. The van der Waals surface area contributed by atoms with E-state index in [2.05, 4.69) is 4.72 Å². The summed E-state index contributed by atoms with van der Waals surface area (Å²) in [5.41, 5.74) is 1.27. The lowest BCUT2D eigenvalue weighted by Crippen LogP contribution is -2.22. The van der Waals surface area contributed by atoms with Gasteiger partial charge in [0.15, 0.2) is 14.9 Å². The first-order valence-corrected chi connectivity index (χ1v) is 8.70. The predicted octanol–water partition coefficient (Wildman–Crippen LogP) is 0.753. The molecule has 102 valence electrons. The van der Waals surface area contributed by atoms with Crippen molar-refractivity contribution < 1.29 is 21.9 Å². The van der Waals surface area contributed by atoms with Crippen molar-refractivity contribution in [3.8, 4) is 5.75 Å². The van der Waals surface area contributed by atoms with Gasteiger partial charge in [0.05, 0.1) is 5.69 Å². The van der Waals surface area contributed by atoms with Gasteiger partial charge in [-0.1, -0.05) is 0 Å². The number of aryl methyl sites for hydroxylation is 2. The van der Waals surface area contributed by atoms with Crippen LogP contribution in [0.25, 0.3) is 0 Å². The van der Waals surface area contributed by atoms with Crippen LogP contribution >= 0.6 is 0 Å². The summed E-state index contributed by atoms with van der Waals surface area (Å²) in [4.78, 5) is 0. The summed E-state index contributed by atoms with van der Waals surface area (Å²) in [6.45, 7) is 3.22. The highest BCUT2D eigenvalue weighted by Gasteiger charge is 2.19. The average molecular weight is 293 g/mol. The number of benzene rings is 1. The quantitative estimate of drug-likeness (QED) is 0.798. The van der Waals surface area contributed by atoms with E-state index in [1.165, 1.54) is 12.1 Å². The molecular formula is C10H15NO5S2. The minimum absolute atomic E-state index is 0.0542. The van der Waals surface area contributed by atoms with Crippen molar-refractivity contribution in [2.24, 2.45) is 0 Å². The van der Waals surface area contributed by atoms with Crippen LogP contribution in [0.1, 0.15) is 11.1 Å². The van der Waals surface area contributed by atoms with E-state index in [-0.39, 0.29) is 11.4 Å². The third-order valence-electron chi connectivity index (χ3n) is 2.18. The van der Waals surface area contributed by atoms with E-state index in [1.807, 2.05) is 0 Å². The second kappa shape index (κ2) is 4.77. The lowest BCUT2D eigenvalue weighted by molar-refractivity contribution is 0.471. The maximum Gasteiger partial charge on any atom is 0.247 e. The fourth-order valence-electron chi connectivity index (χ4n) is 1.39. The zero-order chi connectivity index (χ0) is 14.1. The van der Waals surface area contributed by atoms with Crippen LogP contribution in [0.3, 0.4) is 0 Å². The normalized spacial score (nSPS) is 12.4. The second-order valence-corrected chi connectivity index (χ2v) is 8.44. The van der Waals surface area contributed by atoms with Gasteiger partial charge in [0, 0.05) is 6.26 Å². The number of phenolic OH excluding ortho intramolecular Hbond substituents is 1. The highest BCUT2D eigenvalue weighted by molar-refractivity contribution is 8.08. The van der Waals surface area contributed by atoms with Crippen LogP contribution in [0.4, 0.5) is 5.69 Å². The zero-order valence-corrected chi connectivity index (χ0v) is 11.9. The van der Waals surface area contributed by atoms with Crippen LogP contribution in [-0.2, 0) is 19.9 Å². The first kappa shape index (κ1) is 14.8. The Balaban J connectivity index is 3.09. The van der Waals surface area contributed by atoms with Crippen LogP contribution in [0.15, 0.2) is 12.1 Å². The van der Waals surface area contributed by atoms with E-state index in [4.69, 9.17) is 0 Å². The van der Waals surface area contributed by atoms with E-state index in [0.29, 0.717) is 11.1 Å². The second-order valence-electron chi connectivity index (χ2n) is 4.21. The van der Waals surface area contributed by atoms with Gasteiger partial charge >= 0.3 is 0 Å². The molecule has 0 fully saturated rings. The van der Waals surface area contributed by atoms with Gasteiger partial charge in [-0.05, 0) is 37.1 Å². The van der Waals surface area contributed by atoms with Crippen LogP contribution < -0.4 is 4.72 Å². The molecule has 1 aromatic rings. The maximum absolute atomic E-state index is 11.6. The minimum atomic E-state index is -3.96. The summed E-state index contributed by atoms with van der Waals surface area (Å²) in [6.07, 6.45) is 0.848. The van der Waals surface area contributed by atoms with Crippen LogP contribution in [-0.4, -0.2) is 33.3 Å². The molecule has 0 atom stereocenters. The fourth-order valence-corrected chi connectivity index (χ4v) is 4.44. The summed E-state index contributed by atoms with van der Waals surface area (Å²) < 4.78 is 47.4. The molecule has 0 aromatic heterocycles. The Morgan fingerprint density at radius 2 is 1.67 bits per heavy atom. The Hall–Kier alpha value is -1.28. The molecule has 0 heterocycles. The Morgan fingerprint density at radius 3 is 2.17 bits per heavy atom. The lowest BCUT2D eigenvalue weighted by Gasteiger charge is -2.11. The molecule has 0 amide bonds. The number of hydrogen-bond acceptors (Lipinski definition) is 5. The van der Waals surface area contributed by atoms with Crippen LogP contribution in [0.5, 0.6) is 5.75 Å². The Bertz CT molecular complexity index is 662. The molecule has 0 radical (unpaired) electrons. The summed E-state index contributed by atoms with van der Waals surface area (Å²) >= 11 is 0. The number of anilines is 1. The molecule has 0 aliphatic rings. The molecule has 0 spiro atoms. The van der Waals surface area contributed by atoms with Gasteiger partial charge in [0.2, 0.25) is 10.0 Å². The van der Waals surface area contributed by atoms with Gasteiger partial charge in [-0.3, -0.25) is 4.72 Å². The molecule has 0 bridgehead atoms. The van der Waals surface area contributed by atoms with Crippen LogP contribution in [0, 0.1) is 13.8 Å². The average Bonchev–Trinajstić information content (AvgIpc) is 2.09. The highest BCUT2D eigenvalue weighted by Crippen LogP contribution is 2.25. The predicted molar refractivity (Wildman–Crippen MR) is 69.8 cm³/mol. The van der Waals surface area contributed by atoms with Gasteiger partial charge in [-0.2, -0.15) is 0 Å². The number of nitrogens with one attached hydrogen (secondary N) is 1. The number of aromatic hydroxyl groups is 1. The van der Waals surface area contributed by atoms with E-state index < -0.39 is 24.9 Å². The molecule has 18 heavy (non-hydrogen) atoms. The van der Waals surface area contributed by atoms with Gasteiger partial charge in [0.1, 0.15) is 5.75 Å². The summed E-state index contributed by atoms with van der Waals surface area (Å²) in [6, 6.07) is 2.86. The Morgan fingerprint density at radius 1 is 1.11 bits per heavy atom. The minimum Gasteiger partial charge on any atom is -0.508 e. The topological polar surface area (TPSA) is 101 Å². The van der Waals surface area contributed by atoms with E-state index in [9.17, 15) is 21.9 Å². The SMILES string of the molecule is Cc1cc(NS(=O)(=O)CS(C)(=O)=O)c(C)cc1O. The van der Waals surface area contributed by atoms with Crippen molar-refractivity contribution in [3.05, 3.63) is 23.3 Å². The lowest BCUT2D eigenvalue weighted by atomic mass is 10.1. The maximum atomic E-state index is 11.6. The number of sulfonamides is 1. The highest BCUT2D eigenvalue weighted by atomic mass is 32.3. The number of phenols is 1. The van der Waals surface area contributed by atoms with Gasteiger partial charge in [-0.25, -0.2) is 16.8 Å². The molecule has 0 saturated carbocycles. The molecule has 2 N–H and O–H groups in total. The first-order chi connectivity index (χ1) is 8.00. The Kier molecular flexibility index (Phi) is 3.92. The standard InChI is InChI=1S/C10H15NO5S2/c1-7-5-10(12)8(2)4-9(7)11-18(15,16)6-17(3,13)14/h4-5,11-12H,6H2,1-3H3. The zero-order valence-electron chi connectivity index (χ0n) is 10.3.